The van der Waals surface area contributed by atoms with E-state index in [0.717, 1.165) is 118 Å². The number of cyclic esters (lactones) is 4. The number of epoxide rings is 1. The zero-order valence-electron chi connectivity index (χ0n) is 86.1. The van der Waals surface area contributed by atoms with E-state index in [0.29, 0.717) is 49.4 Å². The lowest BCUT2D eigenvalue weighted by Crippen LogP contribution is -2.45. The van der Waals surface area contributed by atoms with Crippen molar-refractivity contribution in [3.63, 3.8) is 0 Å². The van der Waals surface area contributed by atoms with Crippen molar-refractivity contribution in [1.29, 1.82) is 0 Å². The van der Waals surface area contributed by atoms with Crippen LogP contribution in [-0.4, -0.2) is 211 Å². The van der Waals surface area contributed by atoms with E-state index in [9.17, 15) is 79.2 Å². The highest BCUT2D eigenvalue weighted by atomic mass is 32.1. The molecule has 0 aliphatic carbocycles. The summed E-state index contributed by atoms with van der Waals surface area (Å²) in [5, 5.41) is 106. The van der Waals surface area contributed by atoms with Gasteiger partial charge in [-0.25, -0.2) is 19.9 Å². The zero-order valence-corrected chi connectivity index (χ0v) is 89.3. The molecule has 5 fully saturated rings. The van der Waals surface area contributed by atoms with E-state index in [1.54, 1.807) is 123 Å². The summed E-state index contributed by atoms with van der Waals surface area (Å²) in [6.45, 7) is 45.4. The molecule has 26 atom stereocenters. The standard InChI is InChI=1S/C27H42N4O5S.C26H40N2O5S.C26H39NO6S.C26H39NO5S/c1-15-9-8-10-21(30-31-28)22(32)12-23(16(2)11-20-14-37-19(5)29-20)36-25(34)13-24(33)27(6,7)26(35)18(4)17(15)3;1-14-8-7-9-19-20(28-19)11-21(15(2)10-18-13-34-17(4)27-18)33-23(30)12-22(29)26(5,6)25(32)16(3)24(14)31;1-14-8-7-9-19-21(32-19)11-20(15(2)10-18-13-34-17(4)27-18)33-23(29)12-22(28)26(5,6)25(31)16(3)24(14)30;1-16-11-9-7-8-10-12-21(17(2)13-20-15-33-19(4)27-20)32-23(29)14-22(28)26(5,6)25(31)18(3)24(16)30/h11,14-15,17-18,21-24,32-33H,8-10,12-13H2,1-7H3;10,13-14,16,19-22,24,28-29,31H,7-9,11-12H2,1-6H3;10,13-14,16,19-22,24,28,30H,7-9,11-12H2,1-6H3;8,10,13,15-16,18,21-22,24,28,30H,7,9,11-12,14H2,1-6H3/b16-11+;2*15-10+;10-8-,17-13+/t15-,17-,18+,21+,22+,23?,24-;14-,16+,19+,20-,21?,22-,24-;14-,16+,19-,20?,21+,22-,24-;16-,18+,21?,22-,24-/m0000/s1. The number of aromatic nitrogens is 4. The van der Waals surface area contributed by atoms with Crippen molar-refractivity contribution in [2.24, 2.45) is 80.0 Å². The number of aliphatic hydroxyl groups excluding tert-OH is 8. The normalized spacial score (nSPS) is 34.2. The van der Waals surface area contributed by atoms with Gasteiger partial charge in [0, 0.05) is 87.9 Å². The predicted molar refractivity (Wildman–Crippen MR) is 541 cm³/mol. The Kier molecular flexibility index (Phi) is 45.5. The monoisotopic (exact) mass is 2000 g/mol. The van der Waals surface area contributed by atoms with Crippen molar-refractivity contribution in [3.8, 4) is 0 Å². The van der Waals surface area contributed by atoms with Crippen LogP contribution < -0.4 is 5.32 Å². The summed E-state index contributed by atoms with van der Waals surface area (Å²) in [4.78, 5) is 125. The predicted octanol–water partition coefficient (Wildman–Crippen LogP) is 18.3. The summed E-state index contributed by atoms with van der Waals surface area (Å²) in [6, 6.07) is -0.0656. The first kappa shape index (κ1) is 118. The molecule has 29 nitrogen and oxygen atoms in total. The molecule has 4 aromatic rings. The van der Waals surface area contributed by atoms with Gasteiger partial charge in [0.1, 0.15) is 47.5 Å². The smallest absolute Gasteiger partial charge is 0.309 e. The number of carbonyl (C=O) groups is 8. The number of nitrogens with zero attached hydrogens (tertiary/aromatic N) is 7. The second kappa shape index (κ2) is 53.3. The van der Waals surface area contributed by atoms with Crippen LogP contribution in [0.2, 0.25) is 0 Å². The van der Waals surface area contributed by atoms with Gasteiger partial charge in [0.25, 0.3) is 0 Å². The number of carbonyl (C=O) groups excluding carboxylic acids is 8. The maximum Gasteiger partial charge on any atom is 0.309 e. The highest BCUT2D eigenvalue weighted by Gasteiger charge is 2.49. The maximum absolute atomic E-state index is 13.4. The number of hydrogen-bond donors (Lipinski definition) is 9. The number of allylic oxidation sites excluding steroid dienone is 1. The molecular weight excluding hydrogens is 1840 g/mol. The van der Waals surface area contributed by atoms with Gasteiger partial charge in [0.05, 0.1) is 157 Å². The van der Waals surface area contributed by atoms with Crippen LogP contribution in [0.25, 0.3) is 34.7 Å². The van der Waals surface area contributed by atoms with Crippen LogP contribution in [0.4, 0.5) is 0 Å². The molecule has 0 aromatic carbocycles. The molecule has 0 radical (unpaired) electrons. The molecule has 4 unspecified atom stereocenters. The molecule has 4 aromatic heterocycles. The molecule has 0 saturated carbocycles. The van der Waals surface area contributed by atoms with E-state index in [-0.39, 0.29) is 109 Å². The third-order valence-corrected chi connectivity index (χ3v) is 32.8. The number of aryl methyl sites for hydroxylation is 4. The minimum Gasteiger partial charge on any atom is -0.458 e. The van der Waals surface area contributed by atoms with Gasteiger partial charge in [0.2, 0.25) is 0 Å². The average molecular weight is 2000 g/mol. The molecule has 6 aliphatic heterocycles. The van der Waals surface area contributed by atoms with E-state index in [4.69, 9.17) is 29.2 Å². The Morgan fingerprint density at radius 3 is 1.09 bits per heavy atom. The minimum atomic E-state index is -1.22. The fourth-order valence-corrected chi connectivity index (χ4v) is 21.0. The Bertz CT molecular complexity index is 4750. The van der Waals surface area contributed by atoms with E-state index in [2.05, 4.69) is 48.3 Å². The van der Waals surface area contributed by atoms with E-state index in [1.165, 1.54) is 11.3 Å². The number of ketones is 4. The molecule has 10 heterocycles. The van der Waals surface area contributed by atoms with Crippen LogP contribution in [0.3, 0.4) is 0 Å². The lowest BCUT2D eigenvalue weighted by atomic mass is 9.70. The largest absolute Gasteiger partial charge is 0.458 e. The number of azide groups is 1. The Hall–Kier alpha value is -7.31. The van der Waals surface area contributed by atoms with Crippen LogP contribution in [0.1, 0.15) is 317 Å². The summed E-state index contributed by atoms with van der Waals surface area (Å²) in [6.07, 6.45) is 11.6. The van der Waals surface area contributed by atoms with Crippen molar-refractivity contribution in [2.45, 2.75) is 405 Å². The van der Waals surface area contributed by atoms with Gasteiger partial charge >= 0.3 is 23.9 Å². The molecule has 0 bridgehead atoms. The summed E-state index contributed by atoms with van der Waals surface area (Å²) in [7, 11) is 0. The average Bonchev–Trinajstić information content (AvgIpc) is 1.83. The Labute approximate surface area is 833 Å². The van der Waals surface area contributed by atoms with E-state index < -0.39 is 143 Å². The first-order chi connectivity index (χ1) is 64.5. The van der Waals surface area contributed by atoms with Crippen molar-refractivity contribution >= 4 is 117 Å². The van der Waals surface area contributed by atoms with Gasteiger partial charge in [-0.2, -0.15) is 0 Å². The van der Waals surface area contributed by atoms with Crippen LogP contribution in [0.5, 0.6) is 0 Å². The number of hydrogen-bond acceptors (Lipinski definition) is 31. The van der Waals surface area contributed by atoms with Crippen molar-refractivity contribution in [2.75, 3.05) is 0 Å². The lowest BCUT2D eigenvalue weighted by Gasteiger charge is -2.35. The molecular formula is C105H160N8O21S4. The van der Waals surface area contributed by atoms with Crippen LogP contribution in [0.15, 0.2) is 61.1 Å². The molecule has 33 heteroatoms. The molecule has 770 valence electrons. The third-order valence-electron chi connectivity index (χ3n) is 29.7. The fraction of sp³-hybridized carbons (Fsp3) is 0.714. The molecule has 0 spiro atoms. The lowest BCUT2D eigenvalue weighted by molar-refractivity contribution is -0.156. The first-order valence-corrected chi connectivity index (χ1v) is 52.9. The molecule has 9 N–H and O–H groups in total. The van der Waals surface area contributed by atoms with Gasteiger partial charge in [-0.3, -0.25) is 38.4 Å². The molecule has 0 amide bonds. The van der Waals surface area contributed by atoms with Gasteiger partial charge in [-0.15, -0.1) is 45.3 Å². The highest BCUT2D eigenvalue weighted by molar-refractivity contribution is 7.10. The number of thiazole rings is 4. The zero-order chi connectivity index (χ0) is 103. The highest BCUT2D eigenvalue weighted by Crippen LogP contribution is 2.42. The Morgan fingerprint density at radius 2 is 0.725 bits per heavy atom. The van der Waals surface area contributed by atoms with E-state index >= 15 is 0 Å². The summed E-state index contributed by atoms with van der Waals surface area (Å²) in [5.74, 6) is -5.26. The van der Waals surface area contributed by atoms with Crippen molar-refractivity contribution in [3.05, 3.63) is 109 Å². The fourth-order valence-electron chi connectivity index (χ4n) is 18.8. The summed E-state index contributed by atoms with van der Waals surface area (Å²) in [5.41, 5.74) is 10.9. The van der Waals surface area contributed by atoms with Crippen LogP contribution in [-0.2, 0) is 62.0 Å². The van der Waals surface area contributed by atoms with E-state index in [1.807, 2.05) is 129 Å². The quantitative estimate of drug-likeness (QED) is 0.0143. The number of Topliss-reactive ketones (excluding diaryl/α,β-unsaturated/α-hetero) is 4. The molecule has 10 rings (SSSR count). The van der Waals surface area contributed by atoms with Gasteiger partial charge in [-0.1, -0.05) is 161 Å². The van der Waals surface area contributed by atoms with Crippen LogP contribution in [0, 0.1) is 103 Å². The van der Waals surface area contributed by atoms with Crippen molar-refractivity contribution in [1.82, 2.24) is 25.3 Å². The molecule has 6 aliphatic rings. The SMILES string of the molecule is C/C(=C\c1csc(C)n1)C1C/C=C\CCC[C@H](C)[C@H](O)[C@@H](C)C(=O)C(C)(C)[C@@H](O)CC(=O)O1.C/C(=C\c1csc(C)n1)C1C[C@@H](O)[C@H](N=[N+]=[N-])CCC[C@H](C)[C@H](C)[C@@H](C)C(=O)C(C)(C)[C@@H](O)CC(=O)O1.C/C(=C\c1csc(C)n1)C1C[C@@H]2N[C@@H]2CCC[C@H](C)[C@H](O)[C@@H](C)C(=O)C(C)(C)[C@@H](O)CC(=O)O1.C/C(=C\c1csc(C)n1)C1C[C@H]2O[C@H]2CCC[C@H](C)[C@H](O)[C@@H](C)C(=O)C(C)(C)[C@@H](O)CC(=O)O1. The topological polar surface area (TPSA) is 470 Å². The number of aliphatic hydroxyl groups is 8. The van der Waals surface area contributed by atoms with Crippen molar-refractivity contribution < 1.29 is 103 Å². The second-order valence-electron chi connectivity index (χ2n) is 42.3. The minimum absolute atomic E-state index is 0.00770. The number of nitrogens with one attached hydrogen (secondary N) is 1. The van der Waals surface area contributed by atoms with Gasteiger partial charge < -0.3 is 69.9 Å². The third kappa shape index (κ3) is 34.5. The molecule has 5 saturated heterocycles. The summed E-state index contributed by atoms with van der Waals surface area (Å²) < 4.78 is 29.1. The number of rotatable bonds is 9. The number of fused-ring (bicyclic) bond motifs is 2. The number of ether oxygens (including phenoxy) is 5. The van der Waals surface area contributed by atoms with Crippen LogP contribution >= 0.6 is 45.3 Å². The molecule has 138 heavy (non-hydrogen) atoms. The maximum atomic E-state index is 13.4. The Morgan fingerprint density at radius 1 is 0.406 bits per heavy atom. The number of esters is 4. The first-order valence-electron chi connectivity index (χ1n) is 49.4. The Balaban J connectivity index is 0.000000251. The van der Waals surface area contributed by atoms with Gasteiger partial charge in [-0.05, 0) is 188 Å². The second-order valence-corrected chi connectivity index (χ2v) is 46.6. The van der Waals surface area contributed by atoms with Gasteiger partial charge in [0.15, 0.2) is 0 Å². The summed E-state index contributed by atoms with van der Waals surface area (Å²) >= 11 is 6.19.